The fourth-order valence-corrected chi connectivity index (χ4v) is 3.14. The van der Waals surface area contributed by atoms with Gasteiger partial charge in [-0.3, -0.25) is 9.36 Å². The fourth-order valence-electron chi connectivity index (χ4n) is 3.14. The van der Waals surface area contributed by atoms with Crippen molar-refractivity contribution in [1.82, 2.24) is 9.47 Å². The fraction of sp³-hybridized carbons (Fsp3) is 0.529. The van der Waals surface area contributed by atoms with Crippen LogP contribution >= 0.6 is 0 Å². The zero-order valence-corrected chi connectivity index (χ0v) is 14.2. The van der Waals surface area contributed by atoms with Crippen LogP contribution in [-0.4, -0.2) is 41.6 Å². The number of rotatable bonds is 5. The zero-order chi connectivity index (χ0) is 17.3. The van der Waals surface area contributed by atoms with Crippen molar-refractivity contribution in [3.63, 3.8) is 0 Å². The Balaban J connectivity index is 1.86. The molecule has 1 aromatic heterocycles. The number of carbonyl (C=O) groups excluding carboxylic acids is 1. The summed E-state index contributed by atoms with van der Waals surface area (Å²) in [6.45, 7) is 1.24. The Hall–Kier alpha value is -2.12. The standard InChI is InChI=1S/C17H24N4O3/c1-20(2)9-10-21-13-11-12(5-6-14(13)24-16(21)23)19-15(22)17(18)7-3-4-8-17/h5-6,11H,3-4,7-10,18H2,1-2H3,(H,19,22). The molecule has 0 radical (unpaired) electrons. The van der Waals surface area contributed by atoms with E-state index < -0.39 is 5.54 Å². The topological polar surface area (TPSA) is 93.5 Å². The van der Waals surface area contributed by atoms with Crippen LogP contribution in [-0.2, 0) is 11.3 Å². The lowest BCUT2D eigenvalue weighted by Crippen LogP contribution is -2.48. The lowest BCUT2D eigenvalue weighted by atomic mass is 9.98. The normalized spacial score (nSPS) is 16.8. The smallest absolute Gasteiger partial charge is 0.408 e. The second-order valence-electron chi connectivity index (χ2n) is 6.82. The van der Waals surface area contributed by atoms with Gasteiger partial charge in [-0.25, -0.2) is 4.79 Å². The molecular weight excluding hydrogens is 308 g/mol. The van der Waals surface area contributed by atoms with Gasteiger partial charge in [-0.05, 0) is 45.1 Å². The minimum atomic E-state index is -0.782. The highest BCUT2D eigenvalue weighted by Crippen LogP contribution is 2.29. The first-order valence-electron chi connectivity index (χ1n) is 8.27. The van der Waals surface area contributed by atoms with Gasteiger partial charge < -0.3 is 20.4 Å². The monoisotopic (exact) mass is 332 g/mol. The van der Waals surface area contributed by atoms with Gasteiger partial charge in [0.15, 0.2) is 5.58 Å². The molecule has 1 aliphatic carbocycles. The van der Waals surface area contributed by atoms with E-state index in [1.165, 1.54) is 0 Å². The van der Waals surface area contributed by atoms with Crippen LogP contribution in [0.1, 0.15) is 25.7 Å². The summed E-state index contributed by atoms with van der Waals surface area (Å²) in [5.74, 6) is -0.550. The summed E-state index contributed by atoms with van der Waals surface area (Å²) in [6.07, 6.45) is 3.38. The number of benzene rings is 1. The molecule has 3 rings (SSSR count). The van der Waals surface area contributed by atoms with Crippen molar-refractivity contribution in [2.75, 3.05) is 26.0 Å². The van der Waals surface area contributed by atoms with Gasteiger partial charge in [0.1, 0.15) is 0 Å². The molecule has 1 aromatic carbocycles. The van der Waals surface area contributed by atoms with Gasteiger partial charge in [0.2, 0.25) is 5.91 Å². The van der Waals surface area contributed by atoms with Crippen LogP contribution in [0.3, 0.4) is 0 Å². The Morgan fingerprint density at radius 2 is 2.08 bits per heavy atom. The second-order valence-corrected chi connectivity index (χ2v) is 6.82. The summed E-state index contributed by atoms with van der Waals surface area (Å²) in [6, 6.07) is 5.21. The maximum Gasteiger partial charge on any atom is 0.419 e. The Morgan fingerprint density at radius 3 is 2.75 bits per heavy atom. The van der Waals surface area contributed by atoms with Gasteiger partial charge in [0.05, 0.1) is 11.1 Å². The van der Waals surface area contributed by atoms with E-state index in [1.54, 1.807) is 22.8 Å². The van der Waals surface area contributed by atoms with Gasteiger partial charge >= 0.3 is 5.76 Å². The van der Waals surface area contributed by atoms with E-state index in [0.717, 1.165) is 19.4 Å². The van der Waals surface area contributed by atoms with E-state index in [1.807, 2.05) is 19.0 Å². The molecule has 1 aliphatic rings. The summed E-state index contributed by atoms with van der Waals surface area (Å²) in [5.41, 5.74) is 7.23. The molecule has 24 heavy (non-hydrogen) atoms. The first kappa shape index (κ1) is 16.7. The van der Waals surface area contributed by atoms with Gasteiger partial charge in [-0.15, -0.1) is 0 Å². The number of hydrogen-bond donors (Lipinski definition) is 2. The maximum absolute atomic E-state index is 12.4. The molecule has 7 heteroatoms. The van der Waals surface area contributed by atoms with Crippen molar-refractivity contribution in [3.05, 3.63) is 28.7 Å². The predicted octanol–water partition coefficient (Wildman–Crippen LogP) is 1.37. The number of likely N-dealkylation sites (N-methyl/N-ethyl adjacent to an activating group) is 1. The molecular formula is C17H24N4O3. The molecule has 0 bridgehead atoms. The van der Waals surface area contributed by atoms with E-state index >= 15 is 0 Å². The summed E-state index contributed by atoms with van der Waals surface area (Å²) in [4.78, 5) is 26.5. The summed E-state index contributed by atoms with van der Waals surface area (Å²) in [5, 5.41) is 2.89. The molecule has 1 heterocycles. The maximum atomic E-state index is 12.4. The lowest BCUT2D eigenvalue weighted by molar-refractivity contribution is -0.121. The number of aromatic nitrogens is 1. The highest BCUT2D eigenvalue weighted by atomic mass is 16.4. The summed E-state index contributed by atoms with van der Waals surface area (Å²) >= 11 is 0. The number of nitrogens with two attached hydrogens (primary N) is 1. The Kier molecular flexibility index (Phi) is 4.47. The number of amides is 1. The minimum Gasteiger partial charge on any atom is -0.408 e. The average molecular weight is 332 g/mol. The van der Waals surface area contributed by atoms with Crippen LogP contribution in [0.25, 0.3) is 11.1 Å². The molecule has 7 nitrogen and oxygen atoms in total. The van der Waals surface area contributed by atoms with E-state index in [2.05, 4.69) is 5.32 Å². The molecule has 0 saturated heterocycles. The molecule has 130 valence electrons. The van der Waals surface area contributed by atoms with Crippen LogP contribution < -0.4 is 16.8 Å². The van der Waals surface area contributed by atoms with E-state index in [4.69, 9.17) is 10.2 Å². The van der Waals surface area contributed by atoms with Crippen LogP contribution in [0.4, 0.5) is 5.69 Å². The highest BCUT2D eigenvalue weighted by molar-refractivity contribution is 5.99. The molecule has 0 spiro atoms. The number of anilines is 1. The lowest BCUT2D eigenvalue weighted by Gasteiger charge is -2.22. The molecule has 1 saturated carbocycles. The van der Waals surface area contributed by atoms with Crippen molar-refractivity contribution >= 4 is 22.7 Å². The van der Waals surface area contributed by atoms with Gasteiger partial charge in [-0.1, -0.05) is 12.8 Å². The number of fused-ring (bicyclic) bond motifs is 1. The number of hydrogen-bond acceptors (Lipinski definition) is 5. The molecule has 3 N–H and O–H groups in total. The number of oxazole rings is 1. The van der Waals surface area contributed by atoms with Crippen molar-refractivity contribution in [3.8, 4) is 0 Å². The predicted molar refractivity (Wildman–Crippen MR) is 93.0 cm³/mol. The molecule has 1 amide bonds. The molecule has 0 unspecified atom stereocenters. The first-order chi connectivity index (χ1) is 11.4. The van der Waals surface area contributed by atoms with Crippen LogP contribution in [0, 0.1) is 0 Å². The van der Waals surface area contributed by atoms with Crippen LogP contribution in [0.5, 0.6) is 0 Å². The average Bonchev–Trinajstić information content (AvgIpc) is 3.09. The molecule has 2 aromatic rings. The van der Waals surface area contributed by atoms with Gasteiger partial charge in [0.25, 0.3) is 0 Å². The van der Waals surface area contributed by atoms with E-state index in [9.17, 15) is 9.59 Å². The summed E-state index contributed by atoms with van der Waals surface area (Å²) in [7, 11) is 3.89. The molecule has 0 aliphatic heterocycles. The van der Waals surface area contributed by atoms with Crippen molar-refractivity contribution in [1.29, 1.82) is 0 Å². The zero-order valence-electron chi connectivity index (χ0n) is 14.2. The Bertz CT molecular complexity index is 800. The third-order valence-corrected chi connectivity index (χ3v) is 4.64. The quantitative estimate of drug-likeness (QED) is 0.862. The number of nitrogens with zero attached hydrogens (tertiary/aromatic N) is 2. The third-order valence-electron chi connectivity index (χ3n) is 4.64. The third kappa shape index (κ3) is 3.22. The highest BCUT2D eigenvalue weighted by Gasteiger charge is 2.37. The number of carbonyl (C=O) groups is 1. The summed E-state index contributed by atoms with van der Waals surface area (Å²) < 4.78 is 6.84. The van der Waals surface area contributed by atoms with Crippen LogP contribution in [0.2, 0.25) is 0 Å². The molecule has 0 atom stereocenters. The number of nitrogens with one attached hydrogen (secondary N) is 1. The molecule has 1 fully saturated rings. The van der Waals surface area contributed by atoms with E-state index in [0.29, 0.717) is 36.2 Å². The second kappa shape index (κ2) is 6.41. The minimum absolute atomic E-state index is 0.162. The Labute approximate surface area is 140 Å². The van der Waals surface area contributed by atoms with E-state index in [-0.39, 0.29) is 11.7 Å². The van der Waals surface area contributed by atoms with Gasteiger partial charge in [-0.2, -0.15) is 0 Å². The van der Waals surface area contributed by atoms with Crippen molar-refractivity contribution in [2.45, 2.75) is 37.8 Å². The Morgan fingerprint density at radius 1 is 1.38 bits per heavy atom. The first-order valence-corrected chi connectivity index (χ1v) is 8.27. The SMILES string of the molecule is CN(C)CCn1c(=O)oc2ccc(NC(=O)C3(N)CCCC3)cc21. The van der Waals surface area contributed by atoms with Crippen LogP contribution in [0.15, 0.2) is 27.4 Å². The van der Waals surface area contributed by atoms with Crippen molar-refractivity contribution < 1.29 is 9.21 Å². The van der Waals surface area contributed by atoms with Gasteiger partial charge in [0, 0.05) is 18.8 Å². The van der Waals surface area contributed by atoms with Crippen molar-refractivity contribution in [2.24, 2.45) is 5.73 Å². The largest absolute Gasteiger partial charge is 0.419 e.